The molecule has 0 heterocycles. The normalized spacial score (nSPS) is 10.7. The highest BCUT2D eigenvalue weighted by Gasteiger charge is 2.07. The molecule has 58 valence electrons. The zero-order valence-corrected chi connectivity index (χ0v) is 6.95. The third-order valence-electron chi connectivity index (χ3n) is 1.68. The quantitative estimate of drug-likeness (QED) is 0.413. The third kappa shape index (κ3) is 5.77. The van der Waals surface area contributed by atoms with Gasteiger partial charge in [0.25, 0.3) is 0 Å². The Labute approximate surface area is 57.6 Å². The van der Waals surface area contributed by atoms with Crippen LogP contribution >= 0.6 is 0 Å². The number of hydrogen-bond donors (Lipinski definition) is 0. The smallest absolute Gasteiger partial charge is 0.0779 e. The molecule has 0 aromatic heterocycles. The minimum absolute atomic E-state index is 0. The van der Waals surface area contributed by atoms with Gasteiger partial charge in [-0.2, -0.15) is 0 Å². The maximum atomic E-state index is 2.27. The summed E-state index contributed by atoms with van der Waals surface area (Å²) in [6.07, 6.45) is 1.29. The Balaban J connectivity index is 0. The molecule has 0 atom stereocenters. The van der Waals surface area contributed by atoms with Crippen LogP contribution in [0.5, 0.6) is 0 Å². The van der Waals surface area contributed by atoms with Crippen molar-refractivity contribution in [1.82, 2.24) is 0 Å². The molecule has 0 saturated heterocycles. The van der Waals surface area contributed by atoms with Crippen LogP contribution in [-0.2, 0) is 0 Å². The fraction of sp³-hybridized carbons (Fsp3) is 1.00. The SMILES string of the molecule is CCC[N+](C)(C)CC.[F-]. The van der Waals surface area contributed by atoms with E-state index in [2.05, 4.69) is 27.9 Å². The molecule has 0 rings (SSSR count). The number of rotatable bonds is 3. The van der Waals surface area contributed by atoms with E-state index >= 15 is 0 Å². The van der Waals surface area contributed by atoms with Gasteiger partial charge in [0.2, 0.25) is 0 Å². The Hall–Kier alpha value is -0.110. The third-order valence-corrected chi connectivity index (χ3v) is 1.68. The highest BCUT2D eigenvalue weighted by atomic mass is 19.0. The zero-order valence-electron chi connectivity index (χ0n) is 6.95. The van der Waals surface area contributed by atoms with E-state index < -0.39 is 0 Å². The molecule has 0 aliphatic heterocycles. The number of nitrogens with zero attached hydrogens (tertiary/aromatic N) is 1. The molecule has 0 spiro atoms. The topological polar surface area (TPSA) is 0 Å². The fourth-order valence-electron chi connectivity index (χ4n) is 0.763. The predicted octanol–water partition coefficient (Wildman–Crippen LogP) is -1.50. The first kappa shape index (κ1) is 11.7. The average Bonchev–Trinajstić information content (AvgIpc) is 1.67. The first-order valence-corrected chi connectivity index (χ1v) is 3.44. The summed E-state index contributed by atoms with van der Waals surface area (Å²) < 4.78 is 1.16. The van der Waals surface area contributed by atoms with Gasteiger partial charge in [0.05, 0.1) is 27.2 Å². The van der Waals surface area contributed by atoms with Gasteiger partial charge in [0, 0.05) is 0 Å². The first-order chi connectivity index (χ1) is 3.62. The van der Waals surface area contributed by atoms with Crippen LogP contribution in [0.25, 0.3) is 0 Å². The number of hydrogen-bond acceptors (Lipinski definition) is 0. The van der Waals surface area contributed by atoms with Crippen molar-refractivity contribution in [2.45, 2.75) is 20.3 Å². The Morgan fingerprint density at radius 1 is 1.11 bits per heavy atom. The zero-order chi connectivity index (χ0) is 6.62. The van der Waals surface area contributed by atoms with Crippen LogP contribution in [0.4, 0.5) is 0 Å². The highest BCUT2D eigenvalue weighted by Crippen LogP contribution is 1.95. The highest BCUT2D eigenvalue weighted by molar-refractivity contribution is 4.25. The molecule has 1 nitrogen and oxygen atoms in total. The Kier molecular flexibility index (Phi) is 6.14. The molecule has 0 aliphatic rings. The maximum Gasteiger partial charge on any atom is 0.0779 e. The summed E-state index contributed by atoms with van der Waals surface area (Å²) in [5.41, 5.74) is 0. The molecule has 0 radical (unpaired) electrons. The van der Waals surface area contributed by atoms with E-state index in [-0.39, 0.29) is 4.70 Å². The summed E-state index contributed by atoms with van der Waals surface area (Å²) in [5.74, 6) is 0. The van der Waals surface area contributed by atoms with E-state index in [1.54, 1.807) is 0 Å². The molecule has 2 heteroatoms. The summed E-state index contributed by atoms with van der Waals surface area (Å²) >= 11 is 0. The lowest BCUT2D eigenvalue weighted by Gasteiger charge is -2.27. The molecule has 0 fully saturated rings. The van der Waals surface area contributed by atoms with E-state index in [1.165, 1.54) is 19.5 Å². The molecule has 0 aromatic rings. The summed E-state index contributed by atoms with van der Waals surface area (Å²) in [5, 5.41) is 0. The van der Waals surface area contributed by atoms with Gasteiger partial charge in [0.1, 0.15) is 0 Å². The Morgan fingerprint density at radius 3 is 1.67 bits per heavy atom. The van der Waals surface area contributed by atoms with E-state index in [0.717, 1.165) is 4.48 Å². The first-order valence-electron chi connectivity index (χ1n) is 3.44. The molecule has 0 bridgehead atoms. The van der Waals surface area contributed by atoms with Crippen molar-refractivity contribution in [1.29, 1.82) is 0 Å². The summed E-state index contributed by atoms with van der Waals surface area (Å²) in [6, 6.07) is 0. The second-order valence-electron chi connectivity index (χ2n) is 2.98. The molecule has 0 amide bonds. The van der Waals surface area contributed by atoms with E-state index in [1.807, 2.05) is 0 Å². The van der Waals surface area contributed by atoms with Gasteiger partial charge >= 0.3 is 0 Å². The largest absolute Gasteiger partial charge is 1.00 e. The van der Waals surface area contributed by atoms with Gasteiger partial charge in [-0.15, -0.1) is 0 Å². The van der Waals surface area contributed by atoms with Crippen molar-refractivity contribution in [3.8, 4) is 0 Å². The summed E-state index contributed by atoms with van der Waals surface area (Å²) in [7, 11) is 4.53. The molecule has 0 aromatic carbocycles. The molecular formula is C7H18FN. The van der Waals surface area contributed by atoms with Crippen LogP contribution < -0.4 is 4.70 Å². The molecule has 0 N–H and O–H groups in total. The fourth-order valence-corrected chi connectivity index (χ4v) is 0.763. The van der Waals surface area contributed by atoms with Crippen LogP contribution in [0.15, 0.2) is 0 Å². The van der Waals surface area contributed by atoms with Crippen molar-refractivity contribution in [3.05, 3.63) is 0 Å². The Bertz CT molecular complexity index is 61.9. The van der Waals surface area contributed by atoms with Crippen LogP contribution in [0.1, 0.15) is 20.3 Å². The number of halogens is 1. The minimum atomic E-state index is 0. The lowest BCUT2D eigenvalue weighted by Crippen LogP contribution is -3.00. The van der Waals surface area contributed by atoms with Crippen molar-refractivity contribution in [3.63, 3.8) is 0 Å². The summed E-state index contributed by atoms with van der Waals surface area (Å²) in [6.45, 7) is 7.01. The lowest BCUT2D eigenvalue weighted by atomic mass is 10.4. The standard InChI is InChI=1S/C7H18N.FH/c1-5-7-8(3,4)6-2;/h5-7H2,1-4H3;1H/q+1;/p-1. The second-order valence-corrected chi connectivity index (χ2v) is 2.98. The van der Waals surface area contributed by atoms with Crippen molar-refractivity contribution >= 4 is 0 Å². The van der Waals surface area contributed by atoms with Gasteiger partial charge in [0.15, 0.2) is 0 Å². The minimum Gasteiger partial charge on any atom is -1.00 e. The maximum absolute atomic E-state index is 2.27. The summed E-state index contributed by atoms with van der Waals surface area (Å²) in [4.78, 5) is 0. The molecular weight excluding hydrogens is 117 g/mol. The van der Waals surface area contributed by atoms with Crippen LogP contribution in [0.2, 0.25) is 0 Å². The van der Waals surface area contributed by atoms with Gasteiger partial charge in [-0.25, -0.2) is 0 Å². The van der Waals surface area contributed by atoms with Crippen LogP contribution in [0, 0.1) is 0 Å². The van der Waals surface area contributed by atoms with E-state index in [0.29, 0.717) is 0 Å². The average molecular weight is 135 g/mol. The van der Waals surface area contributed by atoms with E-state index in [9.17, 15) is 0 Å². The van der Waals surface area contributed by atoms with Gasteiger partial charge < -0.3 is 9.19 Å². The Morgan fingerprint density at radius 2 is 1.56 bits per heavy atom. The van der Waals surface area contributed by atoms with Gasteiger partial charge in [-0.3, -0.25) is 0 Å². The van der Waals surface area contributed by atoms with Crippen molar-refractivity contribution in [2.75, 3.05) is 27.2 Å². The predicted molar refractivity (Wildman–Crippen MR) is 37.8 cm³/mol. The van der Waals surface area contributed by atoms with E-state index in [4.69, 9.17) is 0 Å². The van der Waals surface area contributed by atoms with Crippen molar-refractivity contribution in [2.24, 2.45) is 0 Å². The molecule has 9 heavy (non-hydrogen) atoms. The van der Waals surface area contributed by atoms with Crippen molar-refractivity contribution < 1.29 is 9.19 Å². The number of quaternary nitrogens is 1. The van der Waals surface area contributed by atoms with Gasteiger partial charge in [-0.05, 0) is 13.3 Å². The molecule has 0 aliphatic carbocycles. The monoisotopic (exact) mass is 135 g/mol. The lowest BCUT2D eigenvalue weighted by molar-refractivity contribution is -0.888. The van der Waals surface area contributed by atoms with Crippen LogP contribution in [-0.4, -0.2) is 31.7 Å². The molecule has 0 unspecified atom stereocenters. The van der Waals surface area contributed by atoms with Crippen LogP contribution in [0.3, 0.4) is 0 Å². The molecule has 0 saturated carbocycles. The second kappa shape index (κ2) is 4.74. The van der Waals surface area contributed by atoms with Gasteiger partial charge in [-0.1, -0.05) is 6.92 Å².